The molecule has 1 saturated carbocycles. The molecule has 0 aliphatic heterocycles. The minimum absolute atomic E-state index is 0.398. The van der Waals surface area contributed by atoms with Crippen molar-refractivity contribution >= 4 is 12.0 Å². The zero-order valence-corrected chi connectivity index (χ0v) is 11.6. The van der Waals surface area contributed by atoms with Crippen LogP contribution in [0.5, 0.6) is 0 Å². The number of hydrogen-bond donors (Lipinski definition) is 3. The van der Waals surface area contributed by atoms with Crippen LogP contribution in [0.1, 0.15) is 40.5 Å². The maximum absolute atomic E-state index is 11.7. The summed E-state index contributed by atoms with van der Waals surface area (Å²) in [4.78, 5) is 22.8. The van der Waals surface area contributed by atoms with Crippen molar-refractivity contribution in [2.75, 3.05) is 6.54 Å². The van der Waals surface area contributed by atoms with Gasteiger partial charge >= 0.3 is 12.0 Å². The molecule has 0 aromatic heterocycles. The van der Waals surface area contributed by atoms with E-state index in [1.807, 2.05) is 0 Å². The highest BCUT2D eigenvalue weighted by Crippen LogP contribution is 2.36. The highest BCUT2D eigenvalue weighted by atomic mass is 16.4. The van der Waals surface area contributed by atoms with Crippen LogP contribution in [-0.2, 0) is 4.79 Å². The zero-order valence-electron chi connectivity index (χ0n) is 11.6. The molecular weight excluding hydrogens is 232 g/mol. The first-order valence-corrected chi connectivity index (χ1v) is 6.49. The molecule has 0 aromatic carbocycles. The summed E-state index contributed by atoms with van der Waals surface area (Å²) in [5.41, 5.74) is -0.509. The van der Waals surface area contributed by atoms with Gasteiger partial charge in [0.25, 0.3) is 0 Å². The number of carbonyl (C=O) groups excluding carboxylic acids is 1. The molecule has 18 heavy (non-hydrogen) atoms. The van der Waals surface area contributed by atoms with Gasteiger partial charge in [-0.3, -0.25) is 0 Å². The minimum atomic E-state index is -1.01. The number of rotatable bonds is 5. The lowest BCUT2D eigenvalue weighted by molar-refractivity contribution is -0.141. The second-order valence-corrected chi connectivity index (χ2v) is 6.31. The van der Waals surface area contributed by atoms with E-state index in [1.165, 1.54) is 12.8 Å². The molecule has 0 aromatic rings. The predicted molar refractivity (Wildman–Crippen MR) is 69.3 cm³/mol. The van der Waals surface area contributed by atoms with Crippen molar-refractivity contribution in [2.45, 2.75) is 46.6 Å². The van der Waals surface area contributed by atoms with Crippen LogP contribution in [0.15, 0.2) is 0 Å². The Labute approximate surface area is 108 Å². The number of carbonyl (C=O) groups is 2. The summed E-state index contributed by atoms with van der Waals surface area (Å²) in [5, 5.41) is 14.4. The SMILES string of the molecule is CC(CNC(=O)N[C@H](C(=O)O)C(C)(C)C)C1CC1. The van der Waals surface area contributed by atoms with E-state index in [1.54, 1.807) is 20.8 Å². The fourth-order valence-electron chi connectivity index (χ4n) is 1.92. The van der Waals surface area contributed by atoms with Crippen molar-refractivity contribution in [1.29, 1.82) is 0 Å². The highest BCUT2D eigenvalue weighted by Gasteiger charge is 2.33. The van der Waals surface area contributed by atoms with Crippen molar-refractivity contribution in [3.8, 4) is 0 Å². The fraction of sp³-hybridized carbons (Fsp3) is 0.846. The van der Waals surface area contributed by atoms with Gasteiger partial charge in [-0.2, -0.15) is 0 Å². The van der Waals surface area contributed by atoms with Gasteiger partial charge < -0.3 is 15.7 Å². The highest BCUT2D eigenvalue weighted by molar-refractivity contribution is 5.83. The molecule has 5 heteroatoms. The number of carboxylic acid groups (broad SMARTS) is 1. The summed E-state index contributed by atoms with van der Waals surface area (Å²) in [6.07, 6.45) is 2.48. The molecule has 0 saturated heterocycles. The molecule has 0 bridgehead atoms. The van der Waals surface area contributed by atoms with E-state index in [4.69, 9.17) is 5.11 Å². The first-order valence-electron chi connectivity index (χ1n) is 6.49. The van der Waals surface area contributed by atoms with Gasteiger partial charge in [-0.05, 0) is 30.1 Å². The third kappa shape index (κ3) is 4.55. The largest absolute Gasteiger partial charge is 0.480 e. The number of urea groups is 1. The van der Waals surface area contributed by atoms with Crippen LogP contribution in [0.4, 0.5) is 4.79 Å². The van der Waals surface area contributed by atoms with E-state index in [-0.39, 0.29) is 0 Å². The maximum atomic E-state index is 11.7. The molecule has 1 fully saturated rings. The van der Waals surface area contributed by atoms with Gasteiger partial charge in [0.05, 0.1) is 0 Å². The number of aliphatic carboxylic acids is 1. The van der Waals surface area contributed by atoms with Crippen LogP contribution in [-0.4, -0.2) is 29.7 Å². The van der Waals surface area contributed by atoms with E-state index in [2.05, 4.69) is 17.6 Å². The average Bonchev–Trinajstić information content (AvgIpc) is 3.03. The van der Waals surface area contributed by atoms with Crippen LogP contribution in [0.3, 0.4) is 0 Å². The lowest BCUT2D eigenvalue weighted by atomic mass is 9.87. The van der Waals surface area contributed by atoms with Gasteiger partial charge in [-0.1, -0.05) is 27.7 Å². The summed E-state index contributed by atoms with van der Waals surface area (Å²) >= 11 is 0. The van der Waals surface area contributed by atoms with Gasteiger partial charge in [0.1, 0.15) is 6.04 Å². The lowest BCUT2D eigenvalue weighted by Gasteiger charge is -2.28. The zero-order chi connectivity index (χ0) is 13.9. The molecule has 104 valence electrons. The summed E-state index contributed by atoms with van der Waals surface area (Å²) < 4.78 is 0. The van der Waals surface area contributed by atoms with Gasteiger partial charge in [0, 0.05) is 6.54 Å². The van der Waals surface area contributed by atoms with Crippen molar-refractivity contribution in [1.82, 2.24) is 10.6 Å². The van der Waals surface area contributed by atoms with Crippen LogP contribution >= 0.6 is 0 Å². The van der Waals surface area contributed by atoms with E-state index in [0.29, 0.717) is 12.5 Å². The number of nitrogens with one attached hydrogen (secondary N) is 2. The maximum Gasteiger partial charge on any atom is 0.326 e. The minimum Gasteiger partial charge on any atom is -0.480 e. The number of amides is 2. The third-order valence-electron chi connectivity index (χ3n) is 3.40. The quantitative estimate of drug-likeness (QED) is 0.702. The molecule has 5 nitrogen and oxygen atoms in total. The van der Waals surface area contributed by atoms with Gasteiger partial charge in [-0.15, -0.1) is 0 Å². The van der Waals surface area contributed by atoms with Gasteiger partial charge in [0.15, 0.2) is 0 Å². The normalized spacial score (nSPS) is 18.9. The van der Waals surface area contributed by atoms with Crippen molar-refractivity contribution < 1.29 is 14.7 Å². The molecule has 1 unspecified atom stereocenters. The van der Waals surface area contributed by atoms with E-state index in [9.17, 15) is 9.59 Å². The monoisotopic (exact) mass is 256 g/mol. The van der Waals surface area contributed by atoms with Gasteiger partial charge in [-0.25, -0.2) is 9.59 Å². The van der Waals surface area contributed by atoms with Crippen molar-refractivity contribution in [3.63, 3.8) is 0 Å². The topological polar surface area (TPSA) is 78.4 Å². The second-order valence-electron chi connectivity index (χ2n) is 6.31. The fourth-order valence-corrected chi connectivity index (χ4v) is 1.92. The third-order valence-corrected chi connectivity index (χ3v) is 3.40. The van der Waals surface area contributed by atoms with Crippen LogP contribution in [0.2, 0.25) is 0 Å². The molecule has 3 N–H and O–H groups in total. The van der Waals surface area contributed by atoms with E-state index < -0.39 is 23.5 Å². The van der Waals surface area contributed by atoms with Crippen molar-refractivity contribution in [2.24, 2.45) is 17.3 Å². The molecular formula is C13H24N2O3. The first kappa shape index (κ1) is 14.8. The predicted octanol–water partition coefficient (Wildman–Crippen LogP) is 1.83. The Balaban J connectivity index is 2.39. The lowest BCUT2D eigenvalue weighted by Crippen LogP contribution is -2.52. The first-order chi connectivity index (χ1) is 8.21. The van der Waals surface area contributed by atoms with Crippen LogP contribution in [0, 0.1) is 17.3 Å². The summed E-state index contributed by atoms with van der Waals surface area (Å²) in [7, 11) is 0. The Hall–Kier alpha value is -1.26. The molecule has 2 atom stereocenters. The Morgan fingerprint density at radius 2 is 1.89 bits per heavy atom. The number of hydrogen-bond acceptors (Lipinski definition) is 2. The molecule has 1 aliphatic carbocycles. The second kappa shape index (κ2) is 5.59. The number of carboxylic acids is 1. The average molecular weight is 256 g/mol. The van der Waals surface area contributed by atoms with Crippen LogP contribution in [0.25, 0.3) is 0 Å². The van der Waals surface area contributed by atoms with Gasteiger partial charge in [0.2, 0.25) is 0 Å². The molecule has 0 heterocycles. The molecule has 2 amide bonds. The Kier molecular flexibility index (Phi) is 4.59. The standard InChI is InChI=1S/C13H24N2O3/c1-8(9-5-6-9)7-14-12(18)15-10(11(16)17)13(2,3)4/h8-10H,5-7H2,1-4H3,(H,16,17)(H2,14,15,18)/t8?,10-/m1/s1. The smallest absolute Gasteiger partial charge is 0.326 e. The van der Waals surface area contributed by atoms with E-state index in [0.717, 1.165) is 5.92 Å². The van der Waals surface area contributed by atoms with Crippen molar-refractivity contribution in [3.05, 3.63) is 0 Å². The molecule has 0 radical (unpaired) electrons. The Morgan fingerprint density at radius 3 is 2.28 bits per heavy atom. The summed E-state index contributed by atoms with van der Waals surface area (Å²) in [5.74, 6) is 0.185. The molecule has 1 aliphatic rings. The Morgan fingerprint density at radius 1 is 1.33 bits per heavy atom. The summed E-state index contributed by atoms with van der Waals surface area (Å²) in [6, 6.07) is -1.28. The summed E-state index contributed by atoms with van der Waals surface area (Å²) in [6.45, 7) is 8.08. The Bertz CT molecular complexity index is 319. The molecule has 0 spiro atoms. The van der Waals surface area contributed by atoms with Crippen LogP contribution < -0.4 is 10.6 Å². The molecule has 1 rings (SSSR count). The van der Waals surface area contributed by atoms with E-state index >= 15 is 0 Å².